The first-order chi connectivity index (χ1) is 14.0. The number of fused-ring (bicyclic) bond motifs is 1. The van der Waals surface area contributed by atoms with Gasteiger partial charge in [-0.15, -0.1) is 11.3 Å². The number of thiophene rings is 1. The molecular weight excluding hydrogens is 429 g/mol. The van der Waals surface area contributed by atoms with Gasteiger partial charge in [0, 0.05) is 10.4 Å². The topological polar surface area (TPSA) is 64.0 Å². The van der Waals surface area contributed by atoms with Gasteiger partial charge in [0.05, 0.1) is 27.4 Å². The third kappa shape index (κ3) is 3.79. The number of aryl methyl sites for hydroxylation is 1. The van der Waals surface area contributed by atoms with Gasteiger partial charge in [0.1, 0.15) is 11.4 Å². The Hall–Kier alpha value is -2.67. The van der Waals surface area contributed by atoms with Crippen LogP contribution in [0.5, 0.6) is 0 Å². The van der Waals surface area contributed by atoms with Gasteiger partial charge in [-0.05, 0) is 24.6 Å². The maximum Gasteiger partial charge on any atom is 0.263 e. The van der Waals surface area contributed by atoms with E-state index < -0.39 is 5.91 Å². The average Bonchev–Trinajstić information content (AvgIpc) is 3.05. The molecule has 2 aromatic carbocycles. The van der Waals surface area contributed by atoms with Gasteiger partial charge in [-0.3, -0.25) is 14.2 Å². The molecule has 1 amide bonds. The van der Waals surface area contributed by atoms with Gasteiger partial charge in [0.2, 0.25) is 5.91 Å². The molecule has 5 nitrogen and oxygen atoms in total. The van der Waals surface area contributed by atoms with Crippen LogP contribution in [0.2, 0.25) is 10.0 Å². The molecule has 0 aliphatic carbocycles. The highest BCUT2D eigenvalue weighted by Gasteiger charge is 2.18. The summed E-state index contributed by atoms with van der Waals surface area (Å²) in [6.45, 7) is 1.78. The van der Waals surface area contributed by atoms with Gasteiger partial charge in [-0.2, -0.15) is 0 Å². The maximum absolute atomic E-state index is 13.1. The number of benzene rings is 2. The lowest BCUT2D eigenvalue weighted by Gasteiger charge is -2.10. The Labute approximate surface area is 180 Å². The Morgan fingerprint density at radius 3 is 2.66 bits per heavy atom. The number of hydrogen-bond donors (Lipinski definition) is 1. The second-order valence-corrected chi connectivity index (χ2v) is 8.39. The van der Waals surface area contributed by atoms with E-state index in [4.69, 9.17) is 23.2 Å². The number of aromatic nitrogens is 2. The van der Waals surface area contributed by atoms with Crippen molar-refractivity contribution in [2.75, 3.05) is 5.32 Å². The van der Waals surface area contributed by atoms with Gasteiger partial charge < -0.3 is 5.32 Å². The minimum absolute atomic E-state index is 0.187. The Morgan fingerprint density at radius 2 is 1.90 bits per heavy atom. The third-order valence-electron chi connectivity index (χ3n) is 4.46. The molecule has 0 unspecified atom stereocenters. The summed E-state index contributed by atoms with van der Waals surface area (Å²) in [5.41, 5.74) is 1.94. The van der Waals surface area contributed by atoms with Crippen molar-refractivity contribution in [3.8, 4) is 11.1 Å². The van der Waals surface area contributed by atoms with Gasteiger partial charge in [0.25, 0.3) is 5.56 Å². The van der Waals surface area contributed by atoms with Crippen LogP contribution in [0.25, 0.3) is 21.3 Å². The van der Waals surface area contributed by atoms with E-state index in [2.05, 4.69) is 10.3 Å². The highest BCUT2D eigenvalue weighted by atomic mass is 35.5. The summed E-state index contributed by atoms with van der Waals surface area (Å²) in [5.74, 6) is -0.398. The summed E-state index contributed by atoms with van der Waals surface area (Å²) in [5, 5.41) is 3.80. The molecule has 0 saturated carbocycles. The van der Waals surface area contributed by atoms with Crippen molar-refractivity contribution in [2.45, 2.75) is 13.5 Å². The zero-order valence-corrected chi connectivity index (χ0v) is 17.6. The van der Waals surface area contributed by atoms with Crippen LogP contribution in [0.1, 0.15) is 4.88 Å². The average molecular weight is 444 g/mol. The molecule has 4 aromatic rings. The lowest BCUT2D eigenvalue weighted by Crippen LogP contribution is -2.27. The monoisotopic (exact) mass is 443 g/mol. The van der Waals surface area contributed by atoms with E-state index in [-0.39, 0.29) is 17.1 Å². The third-order valence-corrected chi connectivity index (χ3v) is 6.29. The lowest BCUT2D eigenvalue weighted by molar-refractivity contribution is -0.116. The molecular formula is C21H15Cl2N3O2S. The smallest absolute Gasteiger partial charge is 0.263 e. The molecule has 0 saturated heterocycles. The highest BCUT2D eigenvalue weighted by molar-refractivity contribution is 7.19. The largest absolute Gasteiger partial charge is 0.323 e. The van der Waals surface area contributed by atoms with Crippen molar-refractivity contribution in [3.05, 3.63) is 80.1 Å². The van der Waals surface area contributed by atoms with Crippen LogP contribution in [0.4, 0.5) is 5.69 Å². The normalized spacial score (nSPS) is 11.0. The lowest BCUT2D eigenvalue weighted by atomic mass is 10.0. The number of carbonyl (C=O) groups excluding carboxylic acids is 1. The molecule has 0 aliphatic rings. The standard InChI is InChI=1S/C21H15Cl2N3O2S/c1-12-17(13-6-3-2-4-7-13)18-20(29-12)24-11-26(21(18)28)10-16(27)25-15-9-5-8-14(22)19(15)23/h2-9,11H,10H2,1H3,(H,25,27). The molecule has 0 radical (unpaired) electrons. The van der Waals surface area contributed by atoms with Gasteiger partial charge >= 0.3 is 0 Å². The van der Waals surface area contributed by atoms with Crippen LogP contribution in [0, 0.1) is 6.92 Å². The number of amides is 1. The number of halogens is 2. The molecule has 2 aromatic heterocycles. The summed E-state index contributed by atoms with van der Waals surface area (Å²) in [7, 11) is 0. The molecule has 2 heterocycles. The number of nitrogens with zero attached hydrogens (tertiary/aromatic N) is 2. The molecule has 146 valence electrons. The molecule has 0 atom stereocenters. The van der Waals surface area contributed by atoms with E-state index in [1.165, 1.54) is 22.2 Å². The second-order valence-electron chi connectivity index (χ2n) is 6.41. The molecule has 8 heteroatoms. The molecule has 1 N–H and O–H groups in total. The van der Waals surface area contributed by atoms with E-state index in [0.29, 0.717) is 20.9 Å². The molecule has 0 bridgehead atoms. The van der Waals surface area contributed by atoms with Gasteiger partial charge in [-0.1, -0.05) is 59.6 Å². The second kappa shape index (κ2) is 7.99. The van der Waals surface area contributed by atoms with Crippen LogP contribution >= 0.6 is 34.5 Å². The van der Waals surface area contributed by atoms with Crippen molar-refractivity contribution in [2.24, 2.45) is 0 Å². The SMILES string of the molecule is Cc1sc2ncn(CC(=O)Nc3cccc(Cl)c3Cl)c(=O)c2c1-c1ccccc1. The van der Waals surface area contributed by atoms with E-state index in [9.17, 15) is 9.59 Å². The fourth-order valence-corrected chi connectivity index (χ4v) is 4.50. The number of nitrogens with one attached hydrogen (secondary N) is 1. The first-order valence-electron chi connectivity index (χ1n) is 8.73. The first-order valence-corrected chi connectivity index (χ1v) is 10.3. The summed E-state index contributed by atoms with van der Waals surface area (Å²) in [6, 6.07) is 14.7. The van der Waals surface area contributed by atoms with E-state index in [0.717, 1.165) is 16.0 Å². The molecule has 4 rings (SSSR count). The Bertz CT molecular complexity index is 1280. The Kier molecular flexibility index (Phi) is 5.41. The van der Waals surface area contributed by atoms with Gasteiger partial charge in [-0.25, -0.2) is 4.98 Å². The highest BCUT2D eigenvalue weighted by Crippen LogP contribution is 2.35. The summed E-state index contributed by atoms with van der Waals surface area (Å²) in [4.78, 5) is 31.7. The predicted octanol–water partition coefficient (Wildman–Crippen LogP) is 5.38. The van der Waals surface area contributed by atoms with E-state index in [1.54, 1.807) is 18.2 Å². The van der Waals surface area contributed by atoms with Crippen LogP contribution in [-0.4, -0.2) is 15.5 Å². The van der Waals surface area contributed by atoms with Crippen molar-refractivity contribution >= 4 is 56.3 Å². The van der Waals surface area contributed by atoms with E-state index >= 15 is 0 Å². The predicted molar refractivity (Wildman–Crippen MR) is 119 cm³/mol. The zero-order valence-electron chi connectivity index (χ0n) is 15.3. The van der Waals surface area contributed by atoms with Crippen molar-refractivity contribution in [1.29, 1.82) is 0 Å². The summed E-state index contributed by atoms with van der Waals surface area (Å²) in [6.07, 6.45) is 1.40. The zero-order chi connectivity index (χ0) is 20.5. The van der Waals surface area contributed by atoms with Gasteiger partial charge in [0.15, 0.2) is 0 Å². The van der Waals surface area contributed by atoms with Crippen LogP contribution in [0.15, 0.2) is 59.7 Å². The molecule has 29 heavy (non-hydrogen) atoms. The fourth-order valence-electron chi connectivity index (χ4n) is 3.15. The quantitative estimate of drug-likeness (QED) is 0.460. The molecule has 0 fully saturated rings. The van der Waals surface area contributed by atoms with Crippen LogP contribution in [-0.2, 0) is 11.3 Å². The van der Waals surface area contributed by atoms with Crippen molar-refractivity contribution in [3.63, 3.8) is 0 Å². The minimum Gasteiger partial charge on any atom is -0.323 e. The van der Waals surface area contributed by atoms with Crippen molar-refractivity contribution < 1.29 is 4.79 Å². The summed E-state index contributed by atoms with van der Waals surface area (Å²) >= 11 is 13.6. The summed E-state index contributed by atoms with van der Waals surface area (Å²) < 4.78 is 1.30. The fraction of sp³-hybridized carbons (Fsp3) is 0.0952. The van der Waals surface area contributed by atoms with Crippen LogP contribution in [0.3, 0.4) is 0 Å². The van der Waals surface area contributed by atoms with Crippen LogP contribution < -0.4 is 10.9 Å². The molecule has 0 spiro atoms. The maximum atomic E-state index is 13.1. The first kappa shape index (κ1) is 19.6. The number of anilines is 1. The number of hydrogen-bond acceptors (Lipinski definition) is 4. The number of rotatable bonds is 4. The van der Waals surface area contributed by atoms with Crippen molar-refractivity contribution in [1.82, 2.24) is 9.55 Å². The Balaban J connectivity index is 1.70. The Morgan fingerprint density at radius 1 is 1.14 bits per heavy atom. The number of carbonyl (C=O) groups is 1. The molecule has 0 aliphatic heterocycles. The minimum atomic E-state index is -0.398. The van der Waals surface area contributed by atoms with E-state index in [1.807, 2.05) is 37.3 Å².